The molecule has 0 bridgehead atoms. The Labute approximate surface area is 148 Å². The monoisotopic (exact) mass is 366 g/mol. The summed E-state index contributed by atoms with van der Waals surface area (Å²) in [4.78, 5) is 45.6. The zero-order chi connectivity index (χ0) is 20.2. The fourth-order valence-electron chi connectivity index (χ4n) is 4.32. The van der Waals surface area contributed by atoms with Gasteiger partial charge in [0.2, 0.25) is 0 Å². The van der Waals surface area contributed by atoms with Crippen LogP contribution in [-0.2, 0) is 19.2 Å². The fourth-order valence-corrected chi connectivity index (χ4v) is 4.32. The second kappa shape index (κ2) is 7.40. The molecule has 1 rings (SSSR count). The van der Waals surface area contributed by atoms with E-state index in [1.165, 1.54) is 0 Å². The van der Waals surface area contributed by atoms with E-state index in [1.54, 1.807) is 12.1 Å². The summed E-state index contributed by atoms with van der Waals surface area (Å²) in [6, 6.07) is 3.45. The average Bonchev–Trinajstić information content (AvgIpc) is 2.48. The van der Waals surface area contributed by atoms with Crippen LogP contribution in [0.5, 0.6) is 0 Å². The summed E-state index contributed by atoms with van der Waals surface area (Å²) in [6.07, 6.45) is -3.78. The second-order valence-corrected chi connectivity index (χ2v) is 6.63. The van der Waals surface area contributed by atoms with Gasteiger partial charge in [-0.05, 0) is 12.8 Å². The standard InChI is InChI=1S/C16H18N2O8/c17-8-15(6-12(23)24)3-1-2-14(4-10(19)20,5-11(21)22)16(15,9-18)7-13(25)26/h1-7H2,(H,19,20)(H,21,22)(H,23,24)(H,25,26)/t15-,16-/m1/s1. The SMILES string of the molecule is N#C[C@]1(CC(=O)O)CCCC(CC(=O)O)(CC(=O)O)[C@]1(C#N)CC(=O)O. The maximum atomic E-state index is 11.5. The molecule has 0 unspecified atom stereocenters. The molecule has 2 atom stereocenters. The number of aliphatic carboxylic acids is 4. The molecular weight excluding hydrogens is 348 g/mol. The molecule has 10 nitrogen and oxygen atoms in total. The normalized spacial score (nSPS) is 26.8. The van der Waals surface area contributed by atoms with Crippen LogP contribution >= 0.6 is 0 Å². The van der Waals surface area contributed by atoms with Crippen molar-refractivity contribution >= 4 is 23.9 Å². The van der Waals surface area contributed by atoms with E-state index in [2.05, 4.69) is 0 Å². The molecule has 0 aromatic rings. The van der Waals surface area contributed by atoms with Crippen LogP contribution < -0.4 is 0 Å². The maximum Gasteiger partial charge on any atom is 0.305 e. The van der Waals surface area contributed by atoms with Crippen molar-refractivity contribution in [2.24, 2.45) is 16.2 Å². The number of hydrogen-bond acceptors (Lipinski definition) is 6. The van der Waals surface area contributed by atoms with Crippen molar-refractivity contribution in [3.8, 4) is 12.1 Å². The highest BCUT2D eigenvalue weighted by Gasteiger charge is 2.68. The van der Waals surface area contributed by atoms with Crippen LogP contribution in [0.25, 0.3) is 0 Å². The first-order valence-electron chi connectivity index (χ1n) is 7.69. The van der Waals surface area contributed by atoms with Crippen molar-refractivity contribution in [3.05, 3.63) is 0 Å². The molecule has 1 fully saturated rings. The van der Waals surface area contributed by atoms with Gasteiger partial charge < -0.3 is 20.4 Å². The lowest BCUT2D eigenvalue weighted by molar-refractivity contribution is -0.167. The van der Waals surface area contributed by atoms with E-state index in [4.69, 9.17) is 0 Å². The zero-order valence-electron chi connectivity index (χ0n) is 13.8. The number of rotatable bonds is 8. The molecule has 1 aliphatic carbocycles. The van der Waals surface area contributed by atoms with Gasteiger partial charge in [-0.2, -0.15) is 10.5 Å². The minimum Gasteiger partial charge on any atom is -0.481 e. The Hall–Kier alpha value is -3.14. The van der Waals surface area contributed by atoms with Gasteiger partial charge in [0.05, 0.1) is 48.7 Å². The van der Waals surface area contributed by atoms with E-state index >= 15 is 0 Å². The molecule has 10 heteroatoms. The Bertz CT molecular complexity index is 703. The minimum absolute atomic E-state index is 0.102. The first-order valence-corrected chi connectivity index (χ1v) is 7.69. The molecule has 4 N–H and O–H groups in total. The van der Waals surface area contributed by atoms with E-state index in [0.29, 0.717) is 0 Å². The highest BCUT2D eigenvalue weighted by atomic mass is 16.4. The van der Waals surface area contributed by atoms with Crippen molar-refractivity contribution in [2.45, 2.75) is 44.9 Å². The van der Waals surface area contributed by atoms with Crippen LogP contribution in [0, 0.1) is 38.9 Å². The number of hydrogen-bond donors (Lipinski definition) is 4. The third-order valence-corrected chi connectivity index (χ3v) is 5.23. The summed E-state index contributed by atoms with van der Waals surface area (Å²) >= 11 is 0. The van der Waals surface area contributed by atoms with Crippen LogP contribution in [0.3, 0.4) is 0 Å². The van der Waals surface area contributed by atoms with E-state index in [-0.39, 0.29) is 19.3 Å². The molecule has 0 radical (unpaired) electrons. The van der Waals surface area contributed by atoms with Crippen molar-refractivity contribution in [1.29, 1.82) is 10.5 Å². The summed E-state index contributed by atoms with van der Waals surface area (Å²) in [7, 11) is 0. The fraction of sp³-hybridized carbons (Fsp3) is 0.625. The predicted molar refractivity (Wildman–Crippen MR) is 81.4 cm³/mol. The maximum absolute atomic E-state index is 11.5. The number of nitriles is 2. The van der Waals surface area contributed by atoms with Gasteiger partial charge in [0.15, 0.2) is 0 Å². The summed E-state index contributed by atoms with van der Waals surface area (Å²) in [5.41, 5.74) is -6.19. The molecule has 0 amide bonds. The molecule has 0 heterocycles. The second-order valence-electron chi connectivity index (χ2n) is 6.63. The Morgan fingerprint density at radius 1 is 0.731 bits per heavy atom. The third-order valence-electron chi connectivity index (χ3n) is 5.23. The van der Waals surface area contributed by atoms with Gasteiger partial charge in [-0.25, -0.2) is 0 Å². The van der Waals surface area contributed by atoms with Crippen LogP contribution in [0.4, 0.5) is 0 Å². The third kappa shape index (κ3) is 3.45. The zero-order valence-corrected chi connectivity index (χ0v) is 13.8. The number of nitrogens with zero attached hydrogens (tertiary/aromatic N) is 2. The van der Waals surface area contributed by atoms with Gasteiger partial charge in [0.25, 0.3) is 0 Å². The topological polar surface area (TPSA) is 197 Å². The Kier molecular flexibility index (Phi) is 5.95. The molecule has 140 valence electrons. The van der Waals surface area contributed by atoms with Crippen LogP contribution in [0.1, 0.15) is 44.9 Å². The minimum atomic E-state index is -2.28. The number of carbonyl (C=O) groups is 4. The lowest BCUT2D eigenvalue weighted by atomic mass is 9.42. The van der Waals surface area contributed by atoms with E-state index < -0.39 is 65.8 Å². The molecule has 0 aromatic heterocycles. The molecule has 26 heavy (non-hydrogen) atoms. The van der Waals surface area contributed by atoms with Gasteiger partial charge >= 0.3 is 23.9 Å². The summed E-state index contributed by atoms with van der Waals surface area (Å²) in [5, 5.41) is 56.7. The summed E-state index contributed by atoms with van der Waals surface area (Å²) in [5.74, 6) is -5.92. The Morgan fingerprint density at radius 2 is 1.19 bits per heavy atom. The molecule has 1 aliphatic rings. The van der Waals surface area contributed by atoms with Gasteiger partial charge in [0.1, 0.15) is 0 Å². The van der Waals surface area contributed by atoms with Gasteiger partial charge in [-0.15, -0.1) is 0 Å². The quantitative estimate of drug-likeness (QED) is 0.482. The lowest BCUT2D eigenvalue weighted by Gasteiger charge is -2.55. The largest absolute Gasteiger partial charge is 0.481 e. The van der Waals surface area contributed by atoms with E-state index in [1.807, 2.05) is 0 Å². The highest BCUT2D eigenvalue weighted by molar-refractivity contribution is 5.76. The summed E-state index contributed by atoms with van der Waals surface area (Å²) < 4.78 is 0. The van der Waals surface area contributed by atoms with E-state index in [9.17, 15) is 50.1 Å². The van der Waals surface area contributed by atoms with Crippen molar-refractivity contribution < 1.29 is 39.6 Å². The molecule has 1 saturated carbocycles. The summed E-state index contributed by atoms with van der Waals surface area (Å²) in [6.45, 7) is 0. The molecule has 0 aliphatic heterocycles. The van der Waals surface area contributed by atoms with Gasteiger partial charge in [-0.1, -0.05) is 6.42 Å². The van der Waals surface area contributed by atoms with Crippen LogP contribution in [-0.4, -0.2) is 44.3 Å². The molecule has 0 aromatic carbocycles. The first-order chi connectivity index (χ1) is 12.0. The van der Waals surface area contributed by atoms with E-state index in [0.717, 1.165) is 0 Å². The smallest absolute Gasteiger partial charge is 0.305 e. The van der Waals surface area contributed by atoms with Crippen molar-refractivity contribution in [1.82, 2.24) is 0 Å². The van der Waals surface area contributed by atoms with Gasteiger partial charge in [0, 0.05) is 5.41 Å². The molecule has 0 saturated heterocycles. The van der Waals surface area contributed by atoms with Crippen molar-refractivity contribution in [2.75, 3.05) is 0 Å². The predicted octanol–water partition coefficient (Wildman–Crippen LogP) is 1.08. The van der Waals surface area contributed by atoms with Gasteiger partial charge in [-0.3, -0.25) is 19.2 Å². The molecular formula is C16H18N2O8. The van der Waals surface area contributed by atoms with Crippen LogP contribution in [0.2, 0.25) is 0 Å². The number of carboxylic acids is 4. The number of carboxylic acid groups (broad SMARTS) is 4. The van der Waals surface area contributed by atoms with Crippen LogP contribution in [0.15, 0.2) is 0 Å². The Morgan fingerprint density at radius 3 is 1.54 bits per heavy atom. The highest BCUT2D eigenvalue weighted by Crippen LogP contribution is 2.65. The van der Waals surface area contributed by atoms with Crippen molar-refractivity contribution in [3.63, 3.8) is 0 Å². The average molecular weight is 366 g/mol. The lowest BCUT2D eigenvalue weighted by Crippen LogP contribution is -2.58. The molecule has 0 spiro atoms. The first kappa shape index (κ1) is 20.9. The Balaban J connectivity index is 3.84.